The van der Waals surface area contributed by atoms with Crippen LogP contribution in [0.4, 0.5) is 17.6 Å². The topological polar surface area (TPSA) is 23.5 Å². The zero-order valence-corrected chi connectivity index (χ0v) is 11.7. The second-order valence-electron chi connectivity index (χ2n) is 5.44. The lowest BCUT2D eigenvalue weighted by Gasteiger charge is -2.24. The van der Waals surface area contributed by atoms with E-state index in [0.29, 0.717) is 18.5 Å². The first-order valence-electron chi connectivity index (χ1n) is 7.12. The lowest BCUT2D eigenvalue weighted by molar-refractivity contribution is -0.140. The van der Waals surface area contributed by atoms with Crippen LogP contribution in [0.15, 0.2) is 18.2 Å². The van der Waals surface area contributed by atoms with Gasteiger partial charge >= 0.3 is 6.18 Å². The first-order chi connectivity index (χ1) is 9.91. The van der Waals surface area contributed by atoms with Gasteiger partial charge in [0.15, 0.2) is 0 Å². The van der Waals surface area contributed by atoms with Crippen molar-refractivity contribution in [2.75, 3.05) is 13.2 Å². The largest absolute Gasteiger partial charge is 0.419 e. The molecule has 2 rings (SSSR count). The van der Waals surface area contributed by atoms with Crippen LogP contribution < -0.4 is 0 Å². The molecule has 1 atom stereocenters. The minimum absolute atomic E-state index is 0.124. The van der Waals surface area contributed by atoms with E-state index < -0.39 is 17.6 Å². The highest BCUT2D eigenvalue weighted by Crippen LogP contribution is 2.32. The molecule has 1 saturated heterocycles. The van der Waals surface area contributed by atoms with E-state index in [1.54, 1.807) is 0 Å². The smallest absolute Gasteiger partial charge is 0.396 e. The number of aliphatic hydroxyl groups excluding tert-OH is 1. The standard InChI is InChI=1S/C15H19F4NO/c16-14-6-5-11(9-13(14)15(17,18)19)10-20-7-1-3-12(20)4-2-8-21/h5-6,9,12,21H,1-4,7-8,10H2. The highest BCUT2D eigenvalue weighted by molar-refractivity contribution is 5.27. The first kappa shape index (κ1) is 16.2. The maximum absolute atomic E-state index is 13.3. The summed E-state index contributed by atoms with van der Waals surface area (Å²) >= 11 is 0. The first-order valence-corrected chi connectivity index (χ1v) is 7.12. The fraction of sp³-hybridized carbons (Fsp3) is 0.600. The third-order valence-corrected chi connectivity index (χ3v) is 3.92. The summed E-state index contributed by atoms with van der Waals surface area (Å²) in [7, 11) is 0. The zero-order chi connectivity index (χ0) is 15.5. The van der Waals surface area contributed by atoms with Crippen LogP contribution in [0.3, 0.4) is 0 Å². The van der Waals surface area contributed by atoms with Crippen molar-refractivity contribution >= 4 is 0 Å². The van der Waals surface area contributed by atoms with Crippen LogP contribution in [-0.2, 0) is 12.7 Å². The summed E-state index contributed by atoms with van der Waals surface area (Å²) in [5, 5.41) is 8.87. The Hall–Kier alpha value is -1.14. The van der Waals surface area contributed by atoms with E-state index in [9.17, 15) is 17.6 Å². The molecule has 0 aromatic heterocycles. The Morgan fingerprint density at radius 1 is 1.29 bits per heavy atom. The molecule has 1 aromatic carbocycles. The molecule has 0 radical (unpaired) electrons. The molecule has 1 N–H and O–H groups in total. The van der Waals surface area contributed by atoms with E-state index in [-0.39, 0.29) is 12.6 Å². The molecule has 21 heavy (non-hydrogen) atoms. The number of alkyl halides is 3. The molecule has 1 unspecified atom stereocenters. The number of hydrogen-bond donors (Lipinski definition) is 1. The predicted molar refractivity (Wildman–Crippen MR) is 71.2 cm³/mol. The van der Waals surface area contributed by atoms with Crippen molar-refractivity contribution in [2.45, 2.75) is 44.4 Å². The van der Waals surface area contributed by atoms with Gasteiger partial charge < -0.3 is 5.11 Å². The van der Waals surface area contributed by atoms with Gasteiger partial charge in [0, 0.05) is 19.2 Å². The molecule has 0 amide bonds. The number of aliphatic hydroxyl groups is 1. The monoisotopic (exact) mass is 305 g/mol. The summed E-state index contributed by atoms with van der Waals surface area (Å²) < 4.78 is 51.4. The number of halogens is 4. The highest BCUT2D eigenvalue weighted by Gasteiger charge is 2.34. The van der Waals surface area contributed by atoms with Crippen LogP contribution in [0.2, 0.25) is 0 Å². The van der Waals surface area contributed by atoms with E-state index in [4.69, 9.17) is 5.11 Å². The van der Waals surface area contributed by atoms with E-state index in [2.05, 4.69) is 4.90 Å². The average Bonchev–Trinajstić information content (AvgIpc) is 2.84. The van der Waals surface area contributed by atoms with Crippen molar-refractivity contribution in [3.05, 3.63) is 35.1 Å². The van der Waals surface area contributed by atoms with Crippen LogP contribution in [0.5, 0.6) is 0 Å². The number of rotatable bonds is 5. The van der Waals surface area contributed by atoms with Gasteiger partial charge in [-0.15, -0.1) is 0 Å². The second kappa shape index (κ2) is 6.75. The van der Waals surface area contributed by atoms with Crippen molar-refractivity contribution in [3.63, 3.8) is 0 Å². The maximum atomic E-state index is 13.3. The molecule has 0 spiro atoms. The van der Waals surface area contributed by atoms with Gasteiger partial charge in [0.05, 0.1) is 5.56 Å². The molecule has 0 saturated carbocycles. The van der Waals surface area contributed by atoms with E-state index >= 15 is 0 Å². The molecule has 1 heterocycles. The van der Waals surface area contributed by atoms with Gasteiger partial charge in [-0.1, -0.05) is 6.07 Å². The molecule has 6 heteroatoms. The second-order valence-corrected chi connectivity index (χ2v) is 5.44. The molecular formula is C15H19F4NO. The highest BCUT2D eigenvalue weighted by atomic mass is 19.4. The molecule has 2 nitrogen and oxygen atoms in total. The minimum atomic E-state index is -4.67. The number of likely N-dealkylation sites (tertiary alicyclic amines) is 1. The van der Waals surface area contributed by atoms with Gasteiger partial charge in [-0.3, -0.25) is 4.90 Å². The van der Waals surface area contributed by atoms with Gasteiger partial charge in [0.2, 0.25) is 0 Å². The van der Waals surface area contributed by atoms with E-state index in [1.807, 2.05) is 0 Å². The summed E-state index contributed by atoms with van der Waals surface area (Å²) in [5.41, 5.74) is -0.731. The molecule has 1 aromatic rings. The van der Waals surface area contributed by atoms with Gasteiger partial charge in [-0.2, -0.15) is 13.2 Å². The zero-order valence-electron chi connectivity index (χ0n) is 11.7. The van der Waals surface area contributed by atoms with Gasteiger partial charge in [-0.05, 0) is 49.9 Å². The van der Waals surface area contributed by atoms with Gasteiger partial charge in [0.1, 0.15) is 5.82 Å². The predicted octanol–water partition coefficient (Wildman–Crippen LogP) is 3.58. The molecule has 1 aliphatic heterocycles. The Kier molecular flexibility index (Phi) is 5.22. The average molecular weight is 305 g/mol. The summed E-state index contributed by atoms with van der Waals surface area (Å²) in [6, 6.07) is 3.48. The Labute approximate surface area is 121 Å². The Bertz CT molecular complexity index is 475. The van der Waals surface area contributed by atoms with Crippen molar-refractivity contribution in [2.24, 2.45) is 0 Å². The molecular weight excluding hydrogens is 286 g/mol. The van der Waals surface area contributed by atoms with E-state index in [0.717, 1.165) is 37.9 Å². The molecule has 0 aliphatic carbocycles. The fourth-order valence-electron chi connectivity index (χ4n) is 2.88. The van der Waals surface area contributed by atoms with E-state index in [1.165, 1.54) is 6.07 Å². The molecule has 1 aliphatic rings. The van der Waals surface area contributed by atoms with Crippen LogP contribution in [-0.4, -0.2) is 29.2 Å². The van der Waals surface area contributed by atoms with Crippen molar-refractivity contribution < 1.29 is 22.7 Å². The Morgan fingerprint density at radius 2 is 2.05 bits per heavy atom. The lowest BCUT2D eigenvalue weighted by atomic mass is 10.1. The van der Waals surface area contributed by atoms with Crippen LogP contribution in [0, 0.1) is 5.82 Å². The van der Waals surface area contributed by atoms with Crippen molar-refractivity contribution in [3.8, 4) is 0 Å². The molecule has 1 fully saturated rings. The summed E-state index contributed by atoms with van der Waals surface area (Å²) in [5.74, 6) is -1.23. The SMILES string of the molecule is OCCCC1CCCN1Cc1ccc(F)c(C(F)(F)F)c1. The van der Waals surface area contributed by atoms with Crippen molar-refractivity contribution in [1.82, 2.24) is 4.90 Å². The number of hydrogen-bond acceptors (Lipinski definition) is 2. The van der Waals surface area contributed by atoms with Crippen molar-refractivity contribution in [1.29, 1.82) is 0 Å². The third-order valence-electron chi connectivity index (χ3n) is 3.92. The molecule has 0 bridgehead atoms. The third kappa shape index (κ3) is 4.17. The normalized spacial score (nSPS) is 20.1. The fourth-order valence-corrected chi connectivity index (χ4v) is 2.88. The Balaban J connectivity index is 2.09. The Morgan fingerprint density at radius 3 is 2.71 bits per heavy atom. The maximum Gasteiger partial charge on any atom is 0.419 e. The number of nitrogens with zero attached hydrogens (tertiary/aromatic N) is 1. The van der Waals surface area contributed by atoms with Gasteiger partial charge in [-0.25, -0.2) is 4.39 Å². The number of benzene rings is 1. The summed E-state index contributed by atoms with van der Waals surface area (Å²) in [4.78, 5) is 2.11. The van der Waals surface area contributed by atoms with Crippen LogP contribution in [0.25, 0.3) is 0 Å². The quantitative estimate of drug-likeness (QED) is 0.841. The van der Waals surface area contributed by atoms with Gasteiger partial charge in [0.25, 0.3) is 0 Å². The van der Waals surface area contributed by atoms with Crippen LogP contribution >= 0.6 is 0 Å². The summed E-state index contributed by atoms with van der Waals surface area (Å²) in [6.07, 6.45) is -1.14. The lowest BCUT2D eigenvalue weighted by Crippen LogP contribution is -2.29. The molecule has 118 valence electrons. The minimum Gasteiger partial charge on any atom is -0.396 e. The van der Waals surface area contributed by atoms with Crippen LogP contribution in [0.1, 0.15) is 36.8 Å². The summed E-state index contributed by atoms with van der Waals surface area (Å²) in [6.45, 7) is 1.34.